The van der Waals surface area contributed by atoms with Gasteiger partial charge in [0.05, 0.1) is 0 Å². The zero-order valence-electron chi connectivity index (χ0n) is 11.5. The van der Waals surface area contributed by atoms with Crippen molar-refractivity contribution in [2.24, 2.45) is 0 Å². The molecule has 5 heteroatoms. The lowest BCUT2D eigenvalue weighted by Gasteiger charge is -2.19. The molecule has 0 saturated heterocycles. The smallest absolute Gasteiger partial charge is 0.133 e. The summed E-state index contributed by atoms with van der Waals surface area (Å²) in [5.41, 5.74) is 3.11. The molecule has 0 N–H and O–H groups in total. The molecule has 3 rings (SSSR count). The monoisotopic (exact) mass is 341 g/mol. The molecule has 2 aromatic rings. The fraction of sp³-hybridized carbons (Fsp3) is 0.312. The summed E-state index contributed by atoms with van der Waals surface area (Å²) in [6, 6.07) is 7.21. The quantitative estimate of drug-likeness (QED) is 0.670. The third-order valence-corrected chi connectivity index (χ3v) is 4.44. The van der Waals surface area contributed by atoms with E-state index in [0.29, 0.717) is 15.2 Å². The van der Waals surface area contributed by atoms with E-state index < -0.39 is 0 Å². The Morgan fingerprint density at radius 1 is 1.14 bits per heavy atom. The van der Waals surface area contributed by atoms with Crippen LogP contribution in [0.1, 0.15) is 36.3 Å². The van der Waals surface area contributed by atoms with Gasteiger partial charge in [0.15, 0.2) is 0 Å². The molecule has 2 nitrogen and oxygen atoms in total. The zero-order valence-corrected chi connectivity index (χ0v) is 13.8. The van der Waals surface area contributed by atoms with Crippen molar-refractivity contribution < 1.29 is 4.74 Å². The fourth-order valence-electron chi connectivity index (χ4n) is 2.66. The largest absolute Gasteiger partial charge is 0.486 e. The number of rotatable bonds is 3. The van der Waals surface area contributed by atoms with Gasteiger partial charge in [-0.25, -0.2) is 4.98 Å². The van der Waals surface area contributed by atoms with Gasteiger partial charge in [0.25, 0.3) is 0 Å². The van der Waals surface area contributed by atoms with Crippen LogP contribution in [0.15, 0.2) is 24.3 Å². The first-order chi connectivity index (χ1) is 10.0. The molecule has 110 valence electrons. The van der Waals surface area contributed by atoms with Crippen molar-refractivity contribution in [2.75, 3.05) is 0 Å². The Labute approximate surface area is 139 Å². The Morgan fingerprint density at radius 3 is 2.71 bits per heavy atom. The molecule has 1 aromatic carbocycles. The van der Waals surface area contributed by atoms with E-state index in [1.165, 1.54) is 0 Å². The third-order valence-electron chi connectivity index (χ3n) is 3.68. The molecular weight excluding hydrogens is 329 g/mol. The van der Waals surface area contributed by atoms with E-state index in [1.807, 2.05) is 19.1 Å². The molecule has 0 amide bonds. The number of fused-ring (bicyclic) bond motifs is 1. The summed E-state index contributed by atoms with van der Waals surface area (Å²) in [4.78, 5) is 4.37. The summed E-state index contributed by atoms with van der Waals surface area (Å²) in [5.74, 6) is 0.806. The number of pyridine rings is 1. The summed E-state index contributed by atoms with van der Waals surface area (Å²) in [5, 5.41) is 1.69. The Bertz CT molecular complexity index is 687. The van der Waals surface area contributed by atoms with E-state index >= 15 is 0 Å². The van der Waals surface area contributed by atoms with Crippen LogP contribution >= 0.6 is 34.8 Å². The lowest BCUT2D eigenvalue weighted by Crippen LogP contribution is -2.06. The van der Waals surface area contributed by atoms with Crippen LogP contribution < -0.4 is 4.74 Å². The SMILES string of the molecule is C[C@@H](Oc1cc(Cl)nc2c1CCC2)c1ccc(Cl)cc1Cl. The second-order valence-corrected chi connectivity index (χ2v) is 6.38. The molecule has 1 aromatic heterocycles. The third kappa shape index (κ3) is 3.13. The summed E-state index contributed by atoms with van der Waals surface area (Å²) in [7, 11) is 0. The highest BCUT2D eigenvalue weighted by Gasteiger charge is 2.21. The Hall–Kier alpha value is -0.960. The first-order valence-corrected chi connectivity index (χ1v) is 7.98. The van der Waals surface area contributed by atoms with Crippen molar-refractivity contribution in [3.8, 4) is 5.75 Å². The van der Waals surface area contributed by atoms with Crippen LogP contribution in [0.25, 0.3) is 0 Å². The first-order valence-electron chi connectivity index (χ1n) is 6.84. The van der Waals surface area contributed by atoms with E-state index in [1.54, 1.807) is 12.1 Å². The highest BCUT2D eigenvalue weighted by atomic mass is 35.5. The highest BCUT2D eigenvalue weighted by Crippen LogP contribution is 2.35. The van der Waals surface area contributed by atoms with Gasteiger partial charge in [-0.05, 0) is 38.3 Å². The molecule has 1 atom stereocenters. The first kappa shape index (κ1) is 15.0. The van der Waals surface area contributed by atoms with Crippen LogP contribution in [0.4, 0.5) is 0 Å². The molecule has 0 saturated carbocycles. The van der Waals surface area contributed by atoms with Crippen LogP contribution in [0, 0.1) is 0 Å². The van der Waals surface area contributed by atoms with Crippen LogP contribution in [-0.2, 0) is 12.8 Å². The number of aryl methyl sites for hydroxylation is 1. The molecule has 0 radical (unpaired) electrons. The highest BCUT2D eigenvalue weighted by molar-refractivity contribution is 6.35. The molecule has 1 aliphatic rings. The normalized spacial score (nSPS) is 14.9. The molecule has 1 aliphatic carbocycles. The van der Waals surface area contributed by atoms with Crippen molar-refractivity contribution in [3.05, 3.63) is 56.3 Å². The van der Waals surface area contributed by atoms with Gasteiger partial charge < -0.3 is 4.74 Å². The van der Waals surface area contributed by atoms with Crippen molar-refractivity contribution in [3.63, 3.8) is 0 Å². The molecule has 21 heavy (non-hydrogen) atoms. The minimum atomic E-state index is -0.182. The topological polar surface area (TPSA) is 22.1 Å². The number of benzene rings is 1. The average Bonchev–Trinajstić information content (AvgIpc) is 2.86. The van der Waals surface area contributed by atoms with Gasteiger partial charge in [0, 0.05) is 32.9 Å². The van der Waals surface area contributed by atoms with Crippen LogP contribution in [-0.4, -0.2) is 4.98 Å². The number of aromatic nitrogens is 1. The molecule has 0 bridgehead atoms. The Kier molecular flexibility index (Phi) is 4.30. The Balaban J connectivity index is 1.90. The summed E-state index contributed by atoms with van der Waals surface area (Å²) < 4.78 is 6.09. The molecule has 0 unspecified atom stereocenters. The zero-order chi connectivity index (χ0) is 15.0. The fourth-order valence-corrected chi connectivity index (χ4v) is 3.43. The molecule has 0 aliphatic heterocycles. The minimum Gasteiger partial charge on any atom is -0.486 e. The van der Waals surface area contributed by atoms with Gasteiger partial charge in [0.1, 0.15) is 17.0 Å². The standard InChI is InChI=1S/C16H14Cl3NO/c1-9(11-6-5-10(17)7-13(11)18)21-15-8-16(19)20-14-4-2-3-12(14)15/h5-9H,2-4H2,1H3/t9-/m1/s1. The Morgan fingerprint density at radius 2 is 1.95 bits per heavy atom. The number of nitrogens with zero attached hydrogens (tertiary/aromatic N) is 1. The second kappa shape index (κ2) is 6.04. The van der Waals surface area contributed by atoms with Gasteiger partial charge in [0.2, 0.25) is 0 Å². The van der Waals surface area contributed by atoms with Crippen LogP contribution in [0.3, 0.4) is 0 Å². The van der Waals surface area contributed by atoms with E-state index in [9.17, 15) is 0 Å². The number of hydrogen-bond donors (Lipinski definition) is 0. The van der Waals surface area contributed by atoms with Crippen LogP contribution in [0.5, 0.6) is 5.75 Å². The molecular formula is C16H14Cl3NO. The molecule has 0 spiro atoms. The van der Waals surface area contributed by atoms with Gasteiger partial charge in [-0.3, -0.25) is 0 Å². The molecule has 1 heterocycles. The number of ether oxygens (including phenoxy) is 1. The van der Waals surface area contributed by atoms with Gasteiger partial charge >= 0.3 is 0 Å². The number of halogens is 3. The van der Waals surface area contributed by atoms with E-state index in [4.69, 9.17) is 39.5 Å². The predicted molar refractivity (Wildman–Crippen MR) is 86.8 cm³/mol. The maximum atomic E-state index is 6.24. The minimum absolute atomic E-state index is 0.182. The van der Waals surface area contributed by atoms with Gasteiger partial charge in [-0.15, -0.1) is 0 Å². The van der Waals surface area contributed by atoms with Crippen LogP contribution in [0.2, 0.25) is 15.2 Å². The van der Waals surface area contributed by atoms with E-state index in [-0.39, 0.29) is 6.10 Å². The van der Waals surface area contributed by atoms with Gasteiger partial charge in [-0.1, -0.05) is 40.9 Å². The second-order valence-electron chi connectivity index (χ2n) is 5.15. The van der Waals surface area contributed by atoms with Crippen molar-refractivity contribution >= 4 is 34.8 Å². The van der Waals surface area contributed by atoms with Gasteiger partial charge in [-0.2, -0.15) is 0 Å². The maximum Gasteiger partial charge on any atom is 0.133 e. The number of hydrogen-bond acceptors (Lipinski definition) is 2. The van der Waals surface area contributed by atoms with Crippen molar-refractivity contribution in [1.29, 1.82) is 0 Å². The summed E-state index contributed by atoms with van der Waals surface area (Å²) in [6.07, 6.45) is 2.85. The van der Waals surface area contributed by atoms with E-state index in [0.717, 1.165) is 41.8 Å². The summed E-state index contributed by atoms with van der Waals surface area (Å²) in [6.45, 7) is 1.96. The maximum absolute atomic E-state index is 6.24. The van der Waals surface area contributed by atoms with Crippen molar-refractivity contribution in [2.45, 2.75) is 32.3 Å². The molecule has 0 fully saturated rings. The predicted octanol–water partition coefficient (Wildman–Crippen LogP) is 5.67. The summed E-state index contributed by atoms with van der Waals surface area (Å²) >= 11 is 18.2. The average molecular weight is 343 g/mol. The van der Waals surface area contributed by atoms with E-state index in [2.05, 4.69) is 4.98 Å². The lowest BCUT2D eigenvalue weighted by atomic mass is 10.1. The lowest BCUT2D eigenvalue weighted by molar-refractivity contribution is 0.224. The van der Waals surface area contributed by atoms with Crippen molar-refractivity contribution in [1.82, 2.24) is 4.98 Å².